The van der Waals surface area contributed by atoms with E-state index in [0.717, 1.165) is 6.54 Å². The summed E-state index contributed by atoms with van der Waals surface area (Å²) < 4.78 is 6.29. The first-order chi connectivity index (χ1) is 8.74. The molecule has 0 spiro atoms. The van der Waals surface area contributed by atoms with Gasteiger partial charge in [0.25, 0.3) is 0 Å². The predicted octanol–water partition coefficient (Wildman–Crippen LogP) is 2.90. The molecule has 1 heterocycles. The number of hydrogen-bond donors (Lipinski definition) is 1. The second kappa shape index (κ2) is 6.55. The average Bonchev–Trinajstić information content (AvgIpc) is 2.44. The molecule has 0 aliphatic carbocycles. The first-order valence-corrected chi connectivity index (χ1v) is 7.80. The SMILES string of the molecule is CCCCCN(C)CC1C(NC)C(C)(C)OC1(C)C. The molecule has 0 aromatic heterocycles. The molecular weight excluding hydrogens is 236 g/mol. The molecule has 0 radical (unpaired) electrons. The second-order valence-electron chi connectivity index (χ2n) is 7.15. The summed E-state index contributed by atoms with van der Waals surface area (Å²) >= 11 is 0. The first-order valence-electron chi connectivity index (χ1n) is 7.80. The average molecular weight is 270 g/mol. The van der Waals surface area contributed by atoms with Crippen LogP contribution >= 0.6 is 0 Å². The van der Waals surface area contributed by atoms with Crippen LogP contribution in [-0.2, 0) is 4.74 Å². The van der Waals surface area contributed by atoms with Gasteiger partial charge in [0.05, 0.1) is 11.2 Å². The quantitative estimate of drug-likeness (QED) is 0.720. The van der Waals surface area contributed by atoms with Crippen LogP contribution in [0.2, 0.25) is 0 Å². The minimum atomic E-state index is -0.0901. The Labute approximate surface area is 120 Å². The van der Waals surface area contributed by atoms with Crippen molar-refractivity contribution in [2.75, 3.05) is 27.2 Å². The zero-order chi connectivity index (χ0) is 14.7. The van der Waals surface area contributed by atoms with E-state index in [9.17, 15) is 0 Å². The summed E-state index contributed by atoms with van der Waals surface area (Å²) in [5.74, 6) is 0.527. The van der Waals surface area contributed by atoms with E-state index in [0.29, 0.717) is 12.0 Å². The monoisotopic (exact) mass is 270 g/mol. The van der Waals surface area contributed by atoms with Crippen LogP contribution in [0.1, 0.15) is 53.9 Å². The van der Waals surface area contributed by atoms with Crippen LogP contribution in [0.3, 0.4) is 0 Å². The predicted molar refractivity (Wildman–Crippen MR) is 82.6 cm³/mol. The van der Waals surface area contributed by atoms with E-state index in [-0.39, 0.29) is 11.2 Å². The van der Waals surface area contributed by atoms with Gasteiger partial charge in [-0.15, -0.1) is 0 Å². The topological polar surface area (TPSA) is 24.5 Å². The molecule has 1 N–H and O–H groups in total. The van der Waals surface area contributed by atoms with Crippen LogP contribution < -0.4 is 5.32 Å². The van der Waals surface area contributed by atoms with Crippen molar-refractivity contribution in [2.24, 2.45) is 5.92 Å². The summed E-state index contributed by atoms with van der Waals surface area (Å²) in [6, 6.07) is 0.413. The van der Waals surface area contributed by atoms with Gasteiger partial charge in [0.2, 0.25) is 0 Å². The van der Waals surface area contributed by atoms with E-state index < -0.39 is 0 Å². The summed E-state index contributed by atoms with van der Waals surface area (Å²) in [5, 5.41) is 3.48. The van der Waals surface area contributed by atoms with Crippen LogP contribution in [0, 0.1) is 5.92 Å². The molecule has 1 saturated heterocycles. The maximum Gasteiger partial charge on any atom is 0.0790 e. The molecule has 2 unspecified atom stereocenters. The third-order valence-electron chi connectivity index (χ3n) is 4.53. The van der Waals surface area contributed by atoms with E-state index in [1.807, 2.05) is 0 Å². The van der Waals surface area contributed by atoms with Gasteiger partial charge >= 0.3 is 0 Å². The van der Waals surface area contributed by atoms with Crippen LogP contribution in [0.5, 0.6) is 0 Å². The Kier molecular flexibility index (Phi) is 5.84. The largest absolute Gasteiger partial charge is 0.368 e. The number of unbranched alkanes of at least 4 members (excludes halogenated alkanes) is 2. The number of nitrogens with one attached hydrogen (secondary N) is 1. The van der Waals surface area contributed by atoms with Gasteiger partial charge in [-0.3, -0.25) is 0 Å². The van der Waals surface area contributed by atoms with E-state index in [2.05, 4.69) is 58.9 Å². The maximum absolute atomic E-state index is 6.29. The smallest absolute Gasteiger partial charge is 0.0790 e. The van der Waals surface area contributed by atoms with Gasteiger partial charge in [-0.05, 0) is 54.8 Å². The van der Waals surface area contributed by atoms with Crippen molar-refractivity contribution in [2.45, 2.75) is 71.1 Å². The Bertz CT molecular complexity index is 276. The Morgan fingerprint density at radius 1 is 1.11 bits per heavy atom. The Morgan fingerprint density at radius 2 is 1.74 bits per heavy atom. The number of ether oxygens (including phenoxy) is 1. The Morgan fingerprint density at radius 3 is 2.26 bits per heavy atom. The lowest BCUT2D eigenvalue weighted by Crippen LogP contribution is -2.49. The van der Waals surface area contributed by atoms with Gasteiger partial charge in [-0.2, -0.15) is 0 Å². The molecule has 1 fully saturated rings. The summed E-state index contributed by atoms with van der Waals surface area (Å²) in [7, 11) is 4.30. The van der Waals surface area contributed by atoms with Crippen molar-refractivity contribution < 1.29 is 4.74 Å². The zero-order valence-corrected chi connectivity index (χ0v) is 14.0. The number of rotatable bonds is 7. The standard InChI is InChI=1S/C16H34N2O/c1-8-9-10-11-18(7)12-13-14(17-6)16(4,5)19-15(13,2)3/h13-14,17H,8-12H2,1-7H3. The summed E-state index contributed by atoms with van der Waals surface area (Å²) in [6.07, 6.45) is 3.92. The van der Waals surface area contributed by atoms with E-state index in [1.54, 1.807) is 0 Å². The molecule has 0 bridgehead atoms. The van der Waals surface area contributed by atoms with E-state index in [4.69, 9.17) is 4.74 Å². The molecule has 0 saturated carbocycles. The van der Waals surface area contributed by atoms with E-state index in [1.165, 1.54) is 25.8 Å². The highest BCUT2D eigenvalue weighted by atomic mass is 16.5. The number of nitrogens with zero attached hydrogens (tertiary/aromatic N) is 1. The molecule has 19 heavy (non-hydrogen) atoms. The van der Waals surface area contributed by atoms with Crippen LogP contribution in [0.4, 0.5) is 0 Å². The molecule has 3 heteroatoms. The van der Waals surface area contributed by atoms with Gasteiger partial charge < -0.3 is 15.0 Å². The summed E-state index contributed by atoms with van der Waals surface area (Å²) in [6.45, 7) is 13.4. The van der Waals surface area contributed by atoms with Gasteiger partial charge in [0, 0.05) is 18.5 Å². The number of hydrogen-bond acceptors (Lipinski definition) is 3. The summed E-state index contributed by atoms with van der Waals surface area (Å²) in [4.78, 5) is 2.47. The molecule has 0 aromatic rings. The summed E-state index contributed by atoms with van der Waals surface area (Å²) in [5.41, 5.74) is -0.149. The van der Waals surface area contributed by atoms with Gasteiger partial charge in [-0.25, -0.2) is 0 Å². The van der Waals surface area contributed by atoms with Gasteiger partial charge in [0.1, 0.15) is 0 Å². The lowest BCUT2D eigenvalue weighted by Gasteiger charge is -2.32. The minimum Gasteiger partial charge on any atom is -0.368 e. The number of likely N-dealkylation sites (N-methyl/N-ethyl adjacent to an activating group) is 1. The molecule has 3 nitrogen and oxygen atoms in total. The highest BCUT2D eigenvalue weighted by Crippen LogP contribution is 2.42. The maximum atomic E-state index is 6.29. The lowest BCUT2D eigenvalue weighted by atomic mass is 9.82. The Balaban J connectivity index is 2.63. The van der Waals surface area contributed by atoms with Crippen molar-refractivity contribution >= 4 is 0 Å². The molecule has 0 aromatic carbocycles. The third kappa shape index (κ3) is 4.17. The molecule has 114 valence electrons. The van der Waals surface area contributed by atoms with Gasteiger partial charge in [-0.1, -0.05) is 19.8 Å². The van der Waals surface area contributed by atoms with Gasteiger partial charge in [0.15, 0.2) is 0 Å². The fourth-order valence-corrected chi connectivity index (χ4v) is 3.64. The molecule has 0 amide bonds. The van der Waals surface area contributed by atoms with Crippen molar-refractivity contribution in [3.8, 4) is 0 Å². The minimum absolute atomic E-state index is 0.0593. The Hall–Kier alpha value is -0.120. The van der Waals surface area contributed by atoms with Crippen LogP contribution in [-0.4, -0.2) is 49.3 Å². The van der Waals surface area contributed by atoms with Crippen molar-refractivity contribution in [3.63, 3.8) is 0 Å². The fraction of sp³-hybridized carbons (Fsp3) is 1.00. The molecule has 1 aliphatic heterocycles. The highest BCUT2D eigenvalue weighted by Gasteiger charge is 2.53. The fourth-order valence-electron chi connectivity index (χ4n) is 3.64. The second-order valence-corrected chi connectivity index (χ2v) is 7.15. The molecule has 1 rings (SSSR count). The van der Waals surface area contributed by atoms with E-state index >= 15 is 0 Å². The highest BCUT2D eigenvalue weighted by molar-refractivity contribution is 5.05. The molecular formula is C16H34N2O. The van der Waals surface area contributed by atoms with Crippen molar-refractivity contribution in [3.05, 3.63) is 0 Å². The van der Waals surface area contributed by atoms with Crippen LogP contribution in [0.15, 0.2) is 0 Å². The van der Waals surface area contributed by atoms with Crippen molar-refractivity contribution in [1.82, 2.24) is 10.2 Å². The lowest BCUT2D eigenvalue weighted by molar-refractivity contribution is -0.0790. The molecule has 1 aliphatic rings. The molecule has 2 atom stereocenters. The van der Waals surface area contributed by atoms with Crippen LogP contribution in [0.25, 0.3) is 0 Å². The van der Waals surface area contributed by atoms with Crippen molar-refractivity contribution in [1.29, 1.82) is 0 Å². The normalized spacial score (nSPS) is 29.1. The zero-order valence-electron chi connectivity index (χ0n) is 14.0. The third-order valence-corrected chi connectivity index (χ3v) is 4.53. The first kappa shape index (κ1) is 16.9.